The summed E-state index contributed by atoms with van der Waals surface area (Å²) in [5, 5.41) is 7.75. The Morgan fingerprint density at radius 2 is 2.44 bits per heavy atom. The fraction of sp³-hybridized carbons (Fsp3) is 0.643. The van der Waals surface area contributed by atoms with Crippen molar-refractivity contribution in [1.29, 1.82) is 0 Å². The number of ether oxygens (including phenoxy) is 1. The Morgan fingerprint density at radius 1 is 1.67 bits per heavy atom. The molecular formula is C14H23N3O. The first kappa shape index (κ1) is 13.3. The lowest BCUT2D eigenvalue weighted by atomic mass is 9.64. The Labute approximate surface area is 109 Å². The summed E-state index contributed by atoms with van der Waals surface area (Å²) in [6, 6.07) is 0.515. The van der Waals surface area contributed by atoms with Gasteiger partial charge in [0, 0.05) is 42.6 Å². The molecule has 4 nitrogen and oxygen atoms in total. The van der Waals surface area contributed by atoms with Crippen LogP contribution in [0.4, 0.5) is 0 Å². The van der Waals surface area contributed by atoms with E-state index in [1.165, 1.54) is 5.56 Å². The van der Waals surface area contributed by atoms with Crippen LogP contribution in [0.2, 0.25) is 0 Å². The maximum atomic E-state index is 5.73. The predicted octanol–water partition coefficient (Wildman–Crippen LogP) is 2.28. The van der Waals surface area contributed by atoms with Crippen LogP contribution in [0.25, 0.3) is 6.20 Å². The molecule has 18 heavy (non-hydrogen) atoms. The van der Waals surface area contributed by atoms with E-state index in [9.17, 15) is 0 Å². The Hall–Kier alpha value is -1.13. The molecular weight excluding hydrogens is 226 g/mol. The molecule has 1 aromatic rings. The van der Waals surface area contributed by atoms with Crippen LogP contribution in [-0.2, 0) is 11.3 Å². The highest BCUT2D eigenvalue weighted by molar-refractivity contribution is 5.18. The molecule has 0 amide bonds. The second-order valence-electron chi connectivity index (χ2n) is 5.45. The van der Waals surface area contributed by atoms with Crippen LogP contribution in [0.15, 0.2) is 19.0 Å². The molecule has 1 aromatic heterocycles. The monoisotopic (exact) mass is 249 g/mol. The van der Waals surface area contributed by atoms with Crippen LogP contribution in [0, 0.1) is 5.41 Å². The normalized spacial score (nSPS) is 25.7. The van der Waals surface area contributed by atoms with Crippen molar-refractivity contribution in [2.24, 2.45) is 5.41 Å². The molecule has 0 bridgehead atoms. The van der Waals surface area contributed by atoms with E-state index < -0.39 is 0 Å². The molecule has 1 heterocycles. The van der Waals surface area contributed by atoms with Gasteiger partial charge in [0.2, 0.25) is 0 Å². The van der Waals surface area contributed by atoms with Gasteiger partial charge >= 0.3 is 0 Å². The van der Waals surface area contributed by atoms with E-state index in [0.29, 0.717) is 12.1 Å². The van der Waals surface area contributed by atoms with Gasteiger partial charge in [0.05, 0.1) is 12.3 Å². The Balaban J connectivity index is 1.83. The zero-order valence-electron chi connectivity index (χ0n) is 11.5. The van der Waals surface area contributed by atoms with Crippen molar-refractivity contribution >= 4 is 6.20 Å². The van der Waals surface area contributed by atoms with Crippen LogP contribution in [0.5, 0.6) is 0 Å². The summed E-state index contributed by atoms with van der Waals surface area (Å²) in [4.78, 5) is 0. The highest BCUT2D eigenvalue weighted by atomic mass is 16.5. The molecule has 4 heteroatoms. The summed E-state index contributed by atoms with van der Waals surface area (Å²) >= 11 is 0. The number of nitrogens with one attached hydrogen (secondary N) is 1. The van der Waals surface area contributed by atoms with Gasteiger partial charge in [-0.3, -0.25) is 0 Å². The van der Waals surface area contributed by atoms with E-state index in [1.54, 1.807) is 10.9 Å². The van der Waals surface area contributed by atoms with Gasteiger partial charge in [0.25, 0.3) is 0 Å². The molecule has 100 valence electrons. The number of nitrogens with zero attached hydrogens (tertiary/aromatic N) is 2. The van der Waals surface area contributed by atoms with Gasteiger partial charge in [-0.05, 0) is 13.3 Å². The molecule has 1 N–H and O–H groups in total. The average Bonchev–Trinajstić information content (AvgIpc) is 2.80. The quantitative estimate of drug-likeness (QED) is 0.840. The number of aromatic nitrogens is 2. The summed E-state index contributed by atoms with van der Waals surface area (Å²) in [6.45, 7) is 11.9. The fourth-order valence-corrected chi connectivity index (χ4v) is 2.53. The lowest BCUT2D eigenvalue weighted by Gasteiger charge is -2.52. The number of hydrogen-bond donors (Lipinski definition) is 1. The van der Waals surface area contributed by atoms with Crippen LogP contribution in [-0.4, -0.2) is 28.5 Å². The van der Waals surface area contributed by atoms with Crippen LogP contribution < -0.4 is 5.32 Å². The van der Waals surface area contributed by atoms with Gasteiger partial charge in [0.1, 0.15) is 0 Å². The molecule has 1 aliphatic rings. The van der Waals surface area contributed by atoms with Crippen LogP contribution >= 0.6 is 0 Å². The Morgan fingerprint density at radius 3 is 3.00 bits per heavy atom. The number of hydrogen-bond acceptors (Lipinski definition) is 3. The predicted molar refractivity (Wildman–Crippen MR) is 73.1 cm³/mol. The van der Waals surface area contributed by atoms with Crippen molar-refractivity contribution in [1.82, 2.24) is 15.1 Å². The minimum absolute atomic E-state index is 0.213. The first-order chi connectivity index (χ1) is 8.57. The minimum atomic E-state index is 0.213. The van der Waals surface area contributed by atoms with Crippen molar-refractivity contribution in [3.8, 4) is 0 Å². The third kappa shape index (κ3) is 2.49. The van der Waals surface area contributed by atoms with E-state index in [1.807, 2.05) is 12.4 Å². The molecule has 2 atom stereocenters. The smallest absolute Gasteiger partial charge is 0.0655 e. The molecule has 0 aliphatic heterocycles. The number of rotatable bonds is 6. The first-order valence-corrected chi connectivity index (χ1v) is 6.58. The zero-order chi connectivity index (χ0) is 13.2. The summed E-state index contributed by atoms with van der Waals surface area (Å²) in [7, 11) is 0. The molecule has 0 radical (unpaired) electrons. The van der Waals surface area contributed by atoms with Gasteiger partial charge in [0.15, 0.2) is 0 Å². The third-order valence-electron chi connectivity index (χ3n) is 3.94. The largest absolute Gasteiger partial charge is 0.378 e. The van der Waals surface area contributed by atoms with E-state index in [4.69, 9.17) is 4.74 Å². The Kier molecular flexibility index (Phi) is 3.88. The first-order valence-electron chi connectivity index (χ1n) is 6.58. The van der Waals surface area contributed by atoms with Crippen LogP contribution in [0.3, 0.4) is 0 Å². The summed E-state index contributed by atoms with van der Waals surface area (Å²) in [5.74, 6) is 0. The standard InChI is InChI=1S/C14H23N3O/c1-5-17-10-11(9-16-17)8-15-12-7-13(18-6-2)14(12,3)4/h5,9-10,12-13,15H,1,6-8H2,2-4H3. The van der Waals surface area contributed by atoms with Crippen molar-refractivity contribution in [2.45, 2.75) is 45.9 Å². The van der Waals surface area contributed by atoms with Crippen molar-refractivity contribution in [3.05, 3.63) is 24.5 Å². The molecule has 1 aliphatic carbocycles. The molecule has 0 spiro atoms. The van der Waals surface area contributed by atoms with Gasteiger partial charge in [-0.25, -0.2) is 4.68 Å². The van der Waals surface area contributed by atoms with Crippen molar-refractivity contribution in [2.75, 3.05) is 6.61 Å². The van der Waals surface area contributed by atoms with Crippen molar-refractivity contribution in [3.63, 3.8) is 0 Å². The average molecular weight is 249 g/mol. The highest BCUT2D eigenvalue weighted by Gasteiger charge is 2.48. The van der Waals surface area contributed by atoms with E-state index in [-0.39, 0.29) is 5.41 Å². The van der Waals surface area contributed by atoms with Gasteiger partial charge in [-0.1, -0.05) is 20.4 Å². The highest BCUT2D eigenvalue weighted by Crippen LogP contribution is 2.42. The van der Waals surface area contributed by atoms with E-state index in [0.717, 1.165) is 19.6 Å². The van der Waals surface area contributed by atoms with Gasteiger partial charge in [-0.15, -0.1) is 0 Å². The zero-order valence-corrected chi connectivity index (χ0v) is 11.5. The summed E-state index contributed by atoms with van der Waals surface area (Å²) in [5.41, 5.74) is 1.40. The lowest BCUT2D eigenvalue weighted by Crippen LogP contribution is -2.60. The maximum Gasteiger partial charge on any atom is 0.0655 e. The third-order valence-corrected chi connectivity index (χ3v) is 3.94. The fourth-order valence-electron chi connectivity index (χ4n) is 2.53. The van der Waals surface area contributed by atoms with Gasteiger partial charge < -0.3 is 10.1 Å². The summed E-state index contributed by atoms with van der Waals surface area (Å²) < 4.78 is 7.46. The molecule has 1 fully saturated rings. The molecule has 2 unspecified atom stereocenters. The lowest BCUT2D eigenvalue weighted by molar-refractivity contribution is -0.114. The van der Waals surface area contributed by atoms with E-state index >= 15 is 0 Å². The van der Waals surface area contributed by atoms with Crippen LogP contribution in [0.1, 0.15) is 32.8 Å². The van der Waals surface area contributed by atoms with Crippen molar-refractivity contribution < 1.29 is 4.74 Å². The molecule has 1 saturated carbocycles. The molecule has 0 saturated heterocycles. The maximum absolute atomic E-state index is 5.73. The molecule has 0 aromatic carbocycles. The van der Waals surface area contributed by atoms with Gasteiger partial charge in [-0.2, -0.15) is 5.10 Å². The Bertz CT molecular complexity index is 411. The second-order valence-corrected chi connectivity index (χ2v) is 5.45. The second kappa shape index (κ2) is 5.24. The van der Waals surface area contributed by atoms with E-state index in [2.05, 4.69) is 37.8 Å². The SMILES string of the molecule is C=Cn1cc(CNC2CC(OCC)C2(C)C)cn1. The minimum Gasteiger partial charge on any atom is -0.378 e. The molecule has 2 rings (SSSR count). The topological polar surface area (TPSA) is 39.1 Å². The summed E-state index contributed by atoms with van der Waals surface area (Å²) in [6.07, 6.45) is 7.04.